The Balaban J connectivity index is 2.08. The predicted molar refractivity (Wildman–Crippen MR) is 65.5 cm³/mol. The van der Waals surface area contributed by atoms with Gasteiger partial charge in [0.05, 0.1) is 19.3 Å². The first-order valence-corrected chi connectivity index (χ1v) is 8.23. The van der Waals surface area contributed by atoms with Crippen LogP contribution in [0.1, 0.15) is 26.7 Å². The standard InChI is InChI=1S/C11H23NO4Si/c1-3-7-13-17-14-8-5-12(6-9-15-17)10-11(4-2)16-17/h11H,3-10H2,1-2H3. The monoisotopic (exact) mass is 261 g/mol. The summed E-state index contributed by atoms with van der Waals surface area (Å²) in [5, 5.41) is 0. The van der Waals surface area contributed by atoms with Crippen molar-refractivity contribution in [3.8, 4) is 0 Å². The van der Waals surface area contributed by atoms with E-state index in [1.807, 2.05) is 0 Å². The molecule has 0 aromatic carbocycles. The lowest BCUT2D eigenvalue weighted by molar-refractivity contribution is -0.0994. The predicted octanol–water partition coefficient (Wildman–Crippen LogP) is 1.01. The van der Waals surface area contributed by atoms with Gasteiger partial charge in [-0.1, -0.05) is 13.8 Å². The lowest BCUT2D eigenvalue weighted by Crippen LogP contribution is -2.59. The van der Waals surface area contributed by atoms with Crippen LogP contribution >= 0.6 is 0 Å². The maximum absolute atomic E-state index is 6.03. The molecule has 6 heteroatoms. The van der Waals surface area contributed by atoms with Gasteiger partial charge in [-0.25, -0.2) is 0 Å². The van der Waals surface area contributed by atoms with Gasteiger partial charge in [-0.3, -0.25) is 4.90 Å². The fraction of sp³-hybridized carbons (Fsp3) is 1.00. The quantitative estimate of drug-likeness (QED) is 0.706. The maximum Gasteiger partial charge on any atom is 0.680 e. The Morgan fingerprint density at radius 2 is 1.94 bits per heavy atom. The van der Waals surface area contributed by atoms with E-state index in [2.05, 4.69) is 18.7 Å². The molecule has 1 unspecified atom stereocenters. The molecule has 3 heterocycles. The summed E-state index contributed by atoms with van der Waals surface area (Å²) in [5.41, 5.74) is 0. The van der Waals surface area contributed by atoms with Crippen molar-refractivity contribution in [2.24, 2.45) is 0 Å². The second-order valence-electron chi connectivity index (χ2n) is 4.49. The van der Waals surface area contributed by atoms with Gasteiger partial charge in [-0.2, -0.15) is 0 Å². The van der Waals surface area contributed by atoms with Crippen LogP contribution in [0.5, 0.6) is 0 Å². The molecule has 0 saturated carbocycles. The molecular weight excluding hydrogens is 238 g/mol. The van der Waals surface area contributed by atoms with Gasteiger partial charge < -0.3 is 17.7 Å². The Kier molecular flexibility index (Phi) is 4.95. The highest BCUT2D eigenvalue weighted by atomic mass is 28.4. The fourth-order valence-electron chi connectivity index (χ4n) is 2.09. The van der Waals surface area contributed by atoms with Gasteiger partial charge in [0, 0.05) is 26.2 Å². The van der Waals surface area contributed by atoms with Crippen molar-refractivity contribution in [1.29, 1.82) is 0 Å². The van der Waals surface area contributed by atoms with Crippen LogP contribution in [0.25, 0.3) is 0 Å². The van der Waals surface area contributed by atoms with Crippen LogP contribution in [0.3, 0.4) is 0 Å². The zero-order valence-corrected chi connectivity index (χ0v) is 11.8. The van der Waals surface area contributed by atoms with E-state index >= 15 is 0 Å². The van der Waals surface area contributed by atoms with Crippen LogP contribution in [-0.4, -0.2) is 59.5 Å². The Bertz CT molecular complexity index is 226. The summed E-state index contributed by atoms with van der Waals surface area (Å²) in [5.74, 6) is 0. The first-order chi connectivity index (χ1) is 8.28. The molecule has 17 heavy (non-hydrogen) atoms. The van der Waals surface area contributed by atoms with E-state index in [9.17, 15) is 0 Å². The first kappa shape index (κ1) is 13.4. The number of fused-ring (bicyclic) bond motifs is 6. The summed E-state index contributed by atoms with van der Waals surface area (Å²) in [4.78, 5) is 2.34. The topological polar surface area (TPSA) is 40.2 Å². The molecule has 3 saturated heterocycles. The Labute approximate surface area is 104 Å². The van der Waals surface area contributed by atoms with E-state index in [0.29, 0.717) is 19.8 Å². The summed E-state index contributed by atoms with van der Waals surface area (Å²) < 4.78 is 23.4. The molecular formula is C11H23NO4Si. The van der Waals surface area contributed by atoms with Crippen LogP contribution in [0.4, 0.5) is 0 Å². The average Bonchev–Trinajstić information content (AvgIpc) is 2.26. The van der Waals surface area contributed by atoms with Gasteiger partial charge >= 0.3 is 9.05 Å². The lowest BCUT2D eigenvalue weighted by atomic mass is 10.2. The highest BCUT2D eigenvalue weighted by molar-refractivity contribution is 6.53. The largest absolute Gasteiger partial charge is 0.680 e. The molecule has 2 bridgehead atoms. The van der Waals surface area contributed by atoms with E-state index in [1.165, 1.54) is 0 Å². The van der Waals surface area contributed by atoms with Crippen LogP contribution in [0.15, 0.2) is 0 Å². The van der Waals surface area contributed by atoms with E-state index < -0.39 is 9.05 Å². The minimum absolute atomic E-state index is 0.166. The Morgan fingerprint density at radius 1 is 1.24 bits per heavy atom. The molecule has 0 N–H and O–H groups in total. The molecule has 0 radical (unpaired) electrons. The van der Waals surface area contributed by atoms with Crippen molar-refractivity contribution in [3.63, 3.8) is 0 Å². The molecule has 3 aliphatic rings. The minimum atomic E-state index is -2.86. The number of nitrogens with zero attached hydrogens (tertiary/aromatic N) is 1. The third kappa shape index (κ3) is 3.49. The van der Waals surface area contributed by atoms with Crippen LogP contribution in [0.2, 0.25) is 0 Å². The van der Waals surface area contributed by atoms with Gasteiger partial charge in [-0.05, 0) is 12.8 Å². The zero-order chi connectivity index (χ0) is 12.1. The van der Waals surface area contributed by atoms with Crippen molar-refractivity contribution in [1.82, 2.24) is 4.90 Å². The zero-order valence-electron chi connectivity index (χ0n) is 10.8. The normalized spacial score (nSPS) is 38.5. The Morgan fingerprint density at radius 3 is 2.53 bits per heavy atom. The lowest BCUT2D eigenvalue weighted by Gasteiger charge is -2.40. The van der Waals surface area contributed by atoms with E-state index in [1.54, 1.807) is 0 Å². The molecule has 3 rings (SSSR count). The van der Waals surface area contributed by atoms with Crippen molar-refractivity contribution >= 4 is 9.05 Å². The van der Waals surface area contributed by atoms with Crippen LogP contribution in [-0.2, 0) is 17.7 Å². The molecule has 0 spiro atoms. The van der Waals surface area contributed by atoms with Gasteiger partial charge in [0.1, 0.15) is 0 Å². The van der Waals surface area contributed by atoms with E-state index in [4.69, 9.17) is 17.7 Å². The van der Waals surface area contributed by atoms with Crippen molar-refractivity contribution in [2.45, 2.75) is 32.8 Å². The molecule has 0 aromatic heterocycles. The maximum atomic E-state index is 6.03. The third-order valence-corrected chi connectivity index (χ3v) is 5.38. The second kappa shape index (κ2) is 6.26. The number of hydrogen-bond acceptors (Lipinski definition) is 5. The second-order valence-corrected chi connectivity index (χ2v) is 6.60. The van der Waals surface area contributed by atoms with Crippen molar-refractivity contribution < 1.29 is 17.7 Å². The van der Waals surface area contributed by atoms with Crippen LogP contribution in [0, 0.1) is 0 Å². The minimum Gasteiger partial charge on any atom is -0.351 e. The van der Waals surface area contributed by atoms with Crippen molar-refractivity contribution in [3.05, 3.63) is 0 Å². The summed E-state index contributed by atoms with van der Waals surface area (Å²) in [6.45, 7) is 9.01. The Hall–Kier alpha value is 0.0169. The summed E-state index contributed by atoms with van der Waals surface area (Å²) >= 11 is 0. The van der Waals surface area contributed by atoms with E-state index in [0.717, 1.165) is 32.5 Å². The highest BCUT2D eigenvalue weighted by Gasteiger charge is 2.50. The summed E-state index contributed by atoms with van der Waals surface area (Å²) in [7, 11) is -2.86. The number of rotatable bonds is 4. The molecule has 3 fully saturated rings. The molecule has 0 aromatic rings. The van der Waals surface area contributed by atoms with Gasteiger partial charge in [0.25, 0.3) is 0 Å². The molecule has 0 aliphatic carbocycles. The first-order valence-electron chi connectivity index (χ1n) is 6.60. The van der Waals surface area contributed by atoms with Gasteiger partial charge in [-0.15, -0.1) is 0 Å². The summed E-state index contributed by atoms with van der Waals surface area (Å²) in [6, 6.07) is 0. The molecule has 0 amide bonds. The fourth-order valence-corrected chi connectivity index (χ4v) is 4.33. The van der Waals surface area contributed by atoms with Gasteiger partial charge in [0.15, 0.2) is 0 Å². The molecule has 100 valence electrons. The van der Waals surface area contributed by atoms with E-state index in [-0.39, 0.29) is 6.10 Å². The number of hydrogen-bond donors (Lipinski definition) is 0. The smallest absolute Gasteiger partial charge is 0.351 e. The summed E-state index contributed by atoms with van der Waals surface area (Å²) in [6.07, 6.45) is 2.08. The molecule has 1 atom stereocenters. The molecule has 3 aliphatic heterocycles. The third-order valence-electron chi connectivity index (χ3n) is 3.08. The SMILES string of the molecule is CCCO[Si]12OCCN(CCO1)CC(CC)O2. The van der Waals surface area contributed by atoms with Gasteiger partial charge in [0.2, 0.25) is 0 Å². The molecule has 5 nitrogen and oxygen atoms in total. The van der Waals surface area contributed by atoms with Crippen LogP contribution < -0.4 is 0 Å². The highest BCUT2D eigenvalue weighted by Crippen LogP contribution is 2.21. The van der Waals surface area contributed by atoms with Crippen molar-refractivity contribution in [2.75, 3.05) is 39.5 Å². The average molecular weight is 261 g/mol.